The van der Waals surface area contributed by atoms with Crippen LogP contribution in [0.2, 0.25) is 0 Å². The average molecular weight is 290 g/mol. The Morgan fingerprint density at radius 3 is 2.38 bits per heavy atom. The lowest BCUT2D eigenvalue weighted by Crippen LogP contribution is -2.49. The molecule has 112 valence electrons. The van der Waals surface area contributed by atoms with Crippen LogP contribution >= 0.6 is 0 Å². The van der Waals surface area contributed by atoms with Crippen molar-refractivity contribution in [3.05, 3.63) is 30.0 Å². The van der Waals surface area contributed by atoms with Crippen LogP contribution in [0.4, 0.5) is 0 Å². The number of aromatic amines is 1. The molecule has 21 heavy (non-hydrogen) atoms. The van der Waals surface area contributed by atoms with Crippen LogP contribution in [0.25, 0.3) is 10.9 Å². The zero-order valence-electron chi connectivity index (χ0n) is 12.0. The Hall–Kier alpha value is -2.37. The van der Waals surface area contributed by atoms with E-state index in [1.807, 2.05) is 13.8 Å². The van der Waals surface area contributed by atoms with E-state index in [1.54, 1.807) is 24.4 Å². The molecule has 0 fully saturated rings. The first kappa shape index (κ1) is 15.0. The van der Waals surface area contributed by atoms with Crippen molar-refractivity contribution in [3.8, 4) is 0 Å². The number of carboxylic acids is 2. The second-order valence-corrected chi connectivity index (χ2v) is 5.10. The number of benzene rings is 1. The number of fused-ring (bicyclic) bond motifs is 1. The Morgan fingerprint density at radius 1 is 1.24 bits per heavy atom. The topological polar surface area (TPSA) is 103 Å². The van der Waals surface area contributed by atoms with Gasteiger partial charge in [-0.2, -0.15) is 5.10 Å². The largest absolute Gasteiger partial charge is 0.480 e. The lowest BCUT2D eigenvalue weighted by Gasteiger charge is -2.32. The van der Waals surface area contributed by atoms with Crippen molar-refractivity contribution in [3.63, 3.8) is 0 Å². The summed E-state index contributed by atoms with van der Waals surface area (Å²) in [6, 6.07) is 4.82. The van der Waals surface area contributed by atoms with Gasteiger partial charge in [0.1, 0.15) is 0 Å². The molecule has 6 heteroatoms. The van der Waals surface area contributed by atoms with E-state index in [-0.39, 0.29) is 5.56 Å². The molecule has 0 atom stereocenters. The number of aromatic nitrogens is 2. The molecule has 1 heterocycles. The summed E-state index contributed by atoms with van der Waals surface area (Å²) in [5.74, 6) is -3.14. The van der Waals surface area contributed by atoms with E-state index in [0.29, 0.717) is 18.2 Å². The number of carboxylic acid groups (broad SMARTS) is 2. The smallest absolute Gasteiger partial charge is 0.325 e. The first-order valence-corrected chi connectivity index (χ1v) is 6.88. The first-order valence-electron chi connectivity index (χ1n) is 6.88. The predicted molar refractivity (Wildman–Crippen MR) is 77.1 cm³/mol. The van der Waals surface area contributed by atoms with Gasteiger partial charge < -0.3 is 10.2 Å². The molecule has 1 aromatic carbocycles. The summed E-state index contributed by atoms with van der Waals surface area (Å²) in [7, 11) is 0. The Balaban J connectivity index is 2.73. The van der Waals surface area contributed by atoms with Gasteiger partial charge in [-0.25, -0.2) is 0 Å². The van der Waals surface area contributed by atoms with Crippen LogP contribution in [0.3, 0.4) is 0 Å². The fourth-order valence-corrected chi connectivity index (χ4v) is 3.01. The van der Waals surface area contributed by atoms with Crippen molar-refractivity contribution in [2.24, 2.45) is 5.92 Å². The molecular weight excluding hydrogens is 272 g/mol. The van der Waals surface area contributed by atoms with Gasteiger partial charge in [-0.3, -0.25) is 14.7 Å². The van der Waals surface area contributed by atoms with Gasteiger partial charge in [0.05, 0.1) is 11.7 Å². The first-order chi connectivity index (χ1) is 9.98. The Kier molecular flexibility index (Phi) is 3.97. The summed E-state index contributed by atoms with van der Waals surface area (Å²) in [5.41, 5.74) is -0.910. The molecule has 2 aromatic rings. The highest BCUT2D eigenvalue weighted by atomic mass is 16.4. The van der Waals surface area contributed by atoms with Crippen molar-refractivity contribution in [2.75, 3.05) is 0 Å². The number of nitrogens with zero attached hydrogens (tertiary/aromatic N) is 1. The molecule has 0 bridgehead atoms. The Bertz CT molecular complexity index is 659. The number of hydrogen-bond acceptors (Lipinski definition) is 3. The maximum Gasteiger partial charge on any atom is 0.325 e. The third-order valence-electron chi connectivity index (χ3n) is 4.17. The summed E-state index contributed by atoms with van der Waals surface area (Å²) in [6.07, 6.45) is 2.50. The van der Waals surface area contributed by atoms with Crippen molar-refractivity contribution in [1.82, 2.24) is 10.2 Å². The summed E-state index contributed by atoms with van der Waals surface area (Å²) in [6.45, 7) is 3.62. The molecule has 3 N–H and O–H groups in total. The monoisotopic (exact) mass is 290 g/mol. The minimum Gasteiger partial charge on any atom is -0.480 e. The van der Waals surface area contributed by atoms with Crippen LogP contribution in [-0.2, 0) is 15.0 Å². The van der Waals surface area contributed by atoms with Crippen molar-refractivity contribution in [1.29, 1.82) is 0 Å². The molecule has 0 saturated carbocycles. The van der Waals surface area contributed by atoms with E-state index in [1.165, 1.54) is 0 Å². The van der Waals surface area contributed by atoms with Crippen LogP contribution in [0.1, 0.15) is 32.3 Å². The average Bonchev–Trinajstić information content (AvgIpc) is 2.90. The van der Waals surface area contributed by atoms with Crippen LogP contribution in [0, 0.1) is 5.92 Å². The van der Waals surface area contributed by atoms with E-state index in [0.717, 1.165) is 5.52 Å². The van der Waals surface area contributed by atoms with Gasteiger partial charge >= 0.3 is 11.9 Å². The normalized spacial score (nSPS) is 12.0. The second kappa shape index (κ2) is 5.55. The summed E-state index contributed by atoms with van der Waals surface area (Å²) < 4.78 is 0. The minimum absolute atomic E-state index is 0.283. The zero-order valence-corrected chi connectivity index (χ0v) is 12.0. The van der Waals surface area contributed by atoms with E-state index in [2.05, 4.69) is 10.2 Å². The van der Waals surface area contributed by atoms with Crippen LogP contribution < -0.4 is 0 Å². The molecule has 0 aliphatic rings. The molecule has 0 unspecified atom stereocenters. The molecule has 0 saturated heterocycles. The number of hydrogen-bond donors (Lipinski definition) is 3. The van der Waals surface area contributed by atoms with E-state index in [4.69, 9.17) is 0 Å². The van der Waals surface area contributed by atoms with Gasteiger partial charge in [-0.1, -0.05) is 32.8 Å². The van der Waals surface area contributed by atoms with Gasteiger partial charge in [0, 0.05) is 5.39 Å². The summed E-state index contributed by atoms with van der Waals surface area (Å²) in [5, 5.41) is 26.7. The minimum atomic E-state index is -1.94. The predicted octanol–water partition coefficient (Wildman–Crippen LogP) is 2.41. The number of H-pyrrole nitrogens is 1. The van der Waals surface area contributed by atoms with Crippen LogP contribution in [-0.4, -0.2) is 32.3 Å². The molecule has 0 aliphatic carbocycles. The highest BCUT2D eigenvalue weighted by Gasteiger charge is 2.53. The van der Waals surface area contributed by atoms with Gasteiger partial charge in [0.15, 0.2) is 5.41 Å². The van der Waals surface area contributed by atoms with Gasteiger partial charge in [0.25, 0.3) is 0 Å². The SMILES string of the molecule is CCC(CC)C(C(=O)O)(C(=O)O)c1ccc2[nH]ncc2c1. The molecule has 2 rings (SSSR count). The molecule has 1 aromatic heterocycles. The van der Waals surface area contributed by atoms with E-state index >= 15 is 0 Å². The maximum absolute atomic E-state index is 11.9. The molecule has 0 radical (unpaired) electrons. The van der Waals surface area contributed by atoms with E-state index < -0.39 is 23.3 Å². The number of aliphatic carboxylic acids is 2. The molecular formula is C15H18N2O4. The Morgan fingerprint density at radius 2 is 1.86 bits per heavy atom. The van der Waals surface area contributed by atoms with Gasteiger partial charge in [-0.05, 0) is 23.6 Å². The lowest BCUT2D eigenvalue weighted by molar-refractivity contribution is -0.161. The van der Waals surface area contributed by atoms with Crippen molar-refractivity contribution in [2.45, 2.75) is 32.1 Å². The van der Waals surface area contributed by atoms with Crippen LogP contribution in [0.5, 0.6) is 0 Å². The van der Waals surface area contributed by atoms with Crippen molar-refractivity contribution < 1.29 is 19.8 Å². The lowest BCUT2D eigenvalue weighted by atomic mass is 9.68. The molecule has 0 aliphatic heterocycles. The van der Waals surface area contributed by atoms with Crippen molar-refractivity contribution >= 4 is 22.8 Å². The Labute approximate surface area is 121 Å². The highest BCUT2D eigenvalue weighted by molar-refractivity contribution is 6.05. The summed E-state index contributed by atoms with van der Waals surface area (Å²) in [4.78, 5) is 23.8. The fourth-order valence-electron chi connectivity index (χ4n) is 3.01. The van der Waals surface area contributed by atoms with Crippen LogP contribution in [0.15, 0.2) is 24.4 Å². The molecule has 0 amide bonds. The fraction of sp³-hybridized carbons (Fsp3) is 0.400. The number of rotatable bonds is 6. The van der Waals surface area contributed by atoms with Gasteiger partial charge in [0.2, 0.25) is 0 Å². The zero-order chi connectivity index (χ0) is 15.6. The standard InChI is InChI=1S/C15H18N2O4/c1-3-10(4-2)15(13(18)19,14(20)21)11-5-6-12-9(7-11)8-16-17-12/h5-8,10H,3-4H2,1-2H3,(H,16,17)(H,18,19)(H,20,21). The van der Waals surface area contributed by atoms with Gasteiger partial charge in [-0.15, -0.1) is 0 Å². The molecule has 0 spiro atoms. The number of carbonyl (C=O) groups is 2. The third-order valence-corrected chi connectivity index (χ3v) is 4.17. The maximum atomic E-state index is 11.9. The number of nitrogens with one attached hydrogen (secondary N) is 1. The third kappa shape index (κ3) is 2.16. The highest BCUT2D eigenvalue weighted by Crippen LogP contribution is 2.38. The van der Waals surface area contributed by atoms with E-state index in [9.17, 15) is 19.8 Å². The quantitative estimate of drug-likeness (QED) is 0.709. The molecule has 6 nitrogen and oxygen atoms in total. The second-order valence-electron chi connectivity index (χ2n) is 5.10. The summed E-state index contributed by atoms with van der Waals surface area (Å²) >= 11 is 0.